The van der Waals surface area contributed by atoms with Crippen LogP contribution >= 0.6 is 33.3 Å². The lowest BCUT2D eigenvalue weighted by atomic mass is 10.2. The van der Waals surface area contributed by atoms with Crippen LogP contribution in [0.4, 0.5) is 0 Å². The Balaban J connectivity index is 2.28. The van der Waals surface area contributed by atoms with Gasteiger partial charge >= 0.3 is 10.4 Å². The molecular weight excluding hydrogens is 324 g/mol. The van der Waals surface area contributed by atoms with Crippen molar-refractivity contribution in [3.8, 4) is 0 Å². The molecule has 0 N–H and O–H groups in total. The maximum Gasteiger partial charge on any atom is 0.402 e. The molecule has 1 heterocycles. The lowest BCUT2D eigenvalue weighted by Gasteiger charge is -2.21. The van der Waals surface area contributed by atoms with Crippen LogP contribution < -0.4 is 0 Å². The first-order chi connectivity index (χ1) is 9.00. The van der Waals surface area contributed by atoms with Crippen LogP contribution in [0.1, 0.15) is 5.56 Å². The van der Waals surface area contributed by atoms with E-state index in [4.69, 9.17) is 4.18 Å². The highest BCUT2D eigenvalue weighted by Crippen LogP contribution is 2.58. The summed E-state index contributed by atoms with van der Waals surface area (Å²) in [6, 6.07) is 9.76. The minimum Gasteiger partial charge on any atom is -0.251 e. The monoisotopic (exact) mass is 336 g/mol. The second-order valence-electron chi connectivity index (χ2n) is 3.51. The van der Waals surface area contributed by atoms with E-state index in [0.717, 1.165) is 17.6 Å². The lowest BCUT2D eigenvalue weighted by molar-refractivity contribution is 0.236. The SMILES string of the molecule is COS(=O)(=O)OC1(SC)C=C(c2ccccc2)SS1. The molecule has 1 atom stereocenters. The van der Waals surface area contributed by atoms with Gasteiger partial charge in [-0.2, -0.15) is 8.42 Å². The van der Waals surface area contributed by atoms with E-state index >= 15 is 0 Å². The zero-order chi connectivity index (χ0) is 13.9. The van der Waals surface area contributed by atoms with Gasteiger partial charge in [0.05, 0.1) is 7.11 Å². The number of thioether (sulfide) groups is 1. The zero-order valence-corrected chi connectivity index (χ0v) is 13.5. The van der Waals surface area contributed by atoms with Crippen molar-refractivity contribution in [3.63, 3.8) is 0 Å². The van der Waals surface area contributed by atoms with Gasteiger partial charge in [-0.15, -0.1) is 11.8 Å². The Hall–Kier alpha value is -0.120. The maximum atomic E-state index is 11.5. The van der Waals surface area contributed by atoms with E-state index in [9.17, 15) is 8.42 Å². The van der Waals surface area contributed by atoms with E-state index in [0.29, 0.717) is 0 Å². The third kappa shape index (κ3) is 3.71. The van der Waals surface area contributed by atoms with Crippen molar-refractivity contribution in [1.82, 2.24) is 0 Å². The molecule has 1 aliphatic heterocycles. The molecule has 0 spiro atoms. The van der Waals surface area contributed by atoms with Crippen molar-refractivity contribution in [2.24, 2.45) is 0 Å². The highest BCUT2D eigenvalue weighted by Gasteiger charge is 2.40. The Bertz CT molecular complexity index is 570. The van der Waals surface area contributed by atoms with Gasteiger partial charge in [-0.05, 0) is 28.7 Å². The zero-order valence-electron chi connectivity index (χ0n) is 10.2. The fourth-order valence-corrected chi connectivity index (χ4v) is 6.51. The highest BCUT2D eigenvalue weighted by molar-refractivity contribution is 8.82. The fraction of sp³-hybridized carbons (Fsp3) is 0.273. The van der Waals surface area contributed by atoms with Crippen LogP contribution in [0.15, 0.2) is 36.4 Å². The second kappa shape index (κ2) is 6.11. The van der Waals surface area contributed by atoms with E-state index in [1.807, 2.05) is 30.3 Å². The van der Waals surface area contributed by atoms with Gasteiger partial charge in [-0.25, -0.2) is 4.18 Å². The van der Waals surface area contributed by atoms with Crippen molar-refractivity contribution in [3.05, 3.63) is 42.0 Å². The molecule has 1 aromatic rings. The van der Waals surface area contributed by atoms with Gasteiger partial charge in [0.15, 0.2) is 0 Å². The summed E-state index contributed by atoms with van der Waals surface area (Å²) in [5.74, 6) is 0. The van der Waals surface area contributed by atoms with Crippen LogP contribution in [-0.4, -0.2) is 26.0 Å². The summed E-state index contributed by atoms with van der Waals surface area (Å²) < 4.78 is 31.4. The molecular formula is C11H12O4S4. The quantitative estimate of drug-likeness (QED) is 0.603. The molecule has 2 rings (SSSR count). The number of hydrogen-bond donors (Lipinski definition) is 0. The first-order valence-corrected chi connectivity index (χ1v) is 9.91. The minimum absolute atomic E-state index is 0.978. The third-order valence-corrected chi connectivity index (χ3v) is 7.83. The van der Waals surface area contributed by atoms with E-state index in [-0.39, 0.29) is 0 Å². The molecule has 0 saturated carbocycles. The molecule has 8 heteroatoms. The van der Waals surface area contributed by atoms with Gasteiger partial charge in [0.2, 0.25) is 4.27 Å². The average molecular weight is 336 g/mol. The van der Waals surface area contributed by atoms with Crippen LogP contribution in [-0.2, 0) is 18.8 Å². The van der Waals surface area contributed by atoms with Crippen molar-refractivity contribution in [2.75, 3.05) is 13.4 Å². The molecule has 0 aliphatic carbocycles. The Morgan fingerprint density at radius 3 is 2.53 bits per heavy atom. The molecule has 4 nitrogen and oxygen atoms in total. The summed E-state index contributed by atoms with van der Waals surface area (Å²) in [6.07, 6.45) is 3.60. The molecule has 0 aromatic heterocycles. The maximum absolute atomic E-state index is 11.5. The topological polar surface area (TPSA) is 52.6 Å². The minimum atomic E-state index is -3.98. The van der Waals surface area contributed by atoms with Gasteiger partial charge in [0, 0.05) is 4.91 Å². The van der Waals surface area contributed by atoms with Crippen LogP contribution in [0.25, 0.3) is 4.91 Å². The summed E-state index contributed by atoms with van der Waals surface area (Å²) >= 11 is 1.30. The van der Waals surface area contributed by atoms with Gasteiger partial charge in [-0.3, -0.25) is 4.18 Å². The summed E-state index contributed by atoms with van der Waals surface area (Å²) in [4.78, 5) is 0.978. The van der Waals surface area contributed by atoms with Gasteiger partial charge in [0.1, 0.15) is 0 Å². The Kier molecular flexibility index (Phi) is 4.91. The number of benzene rings is 1. The molecule has 0 radical (unpaired) electrons. The Labute approximate surface area is 125 Å². The second-order valence-corrected chi connectivity index (χ2v) is 8.48. The van der Waals surface area contributed by atoms with Gasteiger partial charge in [0.25, 0.3) is 0 Å². The molecule has 1 aliphatic rings. The van der Waals surface area contributed by atoms with E-state index < -0.39 is 14.7 Å². The van der Waals surface area contributed by atoms with Gasteiger partial charge in [-0.1, -0.05) is 41.1 Å². The standard InChI is InChI=1S/C11H12O4S4/c1-14-19(12,13)15-11(16-2)8-10(17-18-11)9-6-4-3-5-7-9/h3-8H,1-2H3. The summed E-state index contributed by atoms with van der Waals surface area (Å²) in [7, 11) is -0.0666. The third-order valence-electron chi connectivity index (χ3n) is 2.32. The van der Waals surface area contributed by atoms with Crippen molar-refractivity contribution in [2.45, 2.75) is 4.27 Å². The first kappa shape index (κ1) is 15.3. The van der Waals surface area contributed by atoms with Crippen LogP contribution in [0.2, 0.25) is 0 Å². The normalized spacial score (nSPS) is 23.4. The first-order valence-electron chi connectivity index (χ1n) is 5.20. The van der Waals surface area contributed by atoms with Crippen molar-refractivity contribution < 1.29 is 16.8 Å². The highest BCUT2D eigenvalue weighted by atomic mass is 33.1. The predicted octanol–water partition coefficient (Wildman–Crippen LogP) is 3.35. The van der Waals surface area contributed by atoms with Crippen LogP contribution in [0.3, 0.4) is 0 Å². The Morgan fingerprint density at radius 1 is 1.26 bits per heavy atom. The van der Waals surface area contributed by atoms with Gasteiger partial charge < -0.3 is 0 Å². The molecule has 0 bridgehead atoms. The lowest BCUT2D eigenvalue weighted by Crippen LogP contribution is -2.24. The molecule has 0 fully saturated rings. The summed E-state index contributed by atoms with van der Waals surface area (Å²) in [6.45, 7) is 0. The van der Waals surface area contributed by atoms with E-state index in [2.05, 4.69) is 4.18 Å². The Morgan fingerprint density at radius 2 is 1.95 bits per heavy atom. The van der Waals surface area contributed by atoms with Crippen molar-refractivity contribution >= 4 is 48.7 Å². The van der Waals surface area contributed by atoms with Crippen LogP contribution in [0.5, 0.6) is 0 Å². The fourth-order valence-electron chi connectivity index (χ4n) is 1.39. The summed E-state index contributed by atoms with van der Waals surface area (Å²) in [5, 5.41) is 0. The van der Waals surface area contributed by atoms with Crippen LogP contribution in [0, 0.1) is 0 Å². The van der Waals surface area contributed by atoms with E-state index in [1.165, 1.54) is 33.3 Å². The number of hydrogen-bond acceptors (Lipinski definition) is 7. The molecule has 19 heavy (non-hydrogen) atoms. The average Bonchev–Trinajstić information content (AvgIpc) is 2.84. The van der Waals surface area contributed by atoms with E-state index in [1.54, 1.807) is 12.3 Å². The molecule has 104 valence electrons. The summed E-state index contributed by atoms with van der Waals surface area (Å²) in [5.41, 5.74) is 1.04. The van der Waals surface area contributed by atoms with Crippen molar-refractivity contribution in [1.29, 1.82) is 0 Å². The number of rotatable bonds is 5. The largest absolute Gasteiger partial charge is 0.402 e. The smallest absolute Gasteiger partial charge is 0.251 e. The predicted molar refractivity (Wildman–Crippen MR) is 82.9 cm³/mol. The molecule has 1 unspecified atom stereocenters. The molecule has 0 saturated heterocycles. The molecule has 1 aromatic carbocycles. The molecule has 0 amide bonds.